The maximum Gasteiger partial charge on any atom is 0.110 e. The number of nitrogens with zero attached hydrogens (tertiary/aromatic N) is 1. The predicted octanol–water partition coefficient (Wildman–Crippen LogP) is 2.63. The Bertz CT molecular complexity index is 438. The maximum atomic E-state index is 5.69. The summed E-state index contributed by atoms with van der Waals surface area (Å²) in [5.74, 6) is 6.34. The lowest BCUT2D eigenvalue weighted by Gasteiger charge is -2.00. The molecule has 82 valence electrons. The lowest BCUT2D eigenvalue weighted by Crippen LogP contribution is -1.98. The van der Waals surface area contributed by atoms with Gasteiger partial charge in [-0.25, -0.2) is 0 Å². The minimum Gasteiger partial charge on any atom is -0.399 e. The van der Waals surface area contributed by atoms with Gasteiger partial charge in [0.1, 0.15) is 6.04 Å². The van der Waals surface area contributed by atoms with Crippen LogP contribution in [0.5, 0.6) is 0 Å². The van der Waals surface area contributed by atoms with Crippen molar-refractivity contribution in [3.8, 4) is 11.8 Å². The first-order valence-corrected chi connectivity index (χ1v) is 5.73. The van der Waals surface area contributed by atoms with Crippen LogP contribution in [0.15, 0.2) is 29.3 Å². The van der Waals surface area contributed by atoms with E-state index in [1.165, 1.54) is 12.8 Å². The largest absolute Gasteiger partial charge is 0.399 e. The summed E-state index contributed by atoms with van der Waals surface area (Å²) >= 11 is 0. The third-order valence-electron chi connectivity index (χ3n) is 2.62. The third kappa shape index (κ3) is 3.13. The van der Waals surface area contributed by atoms with Crippen molar-refractivity contribution in [1.82, 2.24) is 0 Å². The fourth-order valence-corrected chi connectivity index (χ4v) is 1.74. The van der Waals surface area contributed by atoms with Gasteiger partial charge in [-0.3, -0.25) is 4.99 Å². The number of nitrogen functional groups attached to an aromatic ring is 1. The third-order valence-corrected chi connectivity index (χ3v) is 2.62. The molecule has 0 spiro atoms. The van der Waals surface area contributed by atoms with Gasteiger partial charge in [-0.05, 0) is 43.9 Å². The zero-order valence-electron chi connectivity index (χ0n) is 9.32. The van der Waals surface area contributed by atoms with Crippen LogP contribution in [0, 0.1) is 11.8 Å². The minimum atomic E-state index is 0.170. The summed E-state index contributed by atoms with van der Waals surface area (Å²) in [6, 6.07) is 7.84. The monoisotopic (exact) mass is 212 g/mol. The second kappa shape index (κ2) is 5.37. The van der Waals surface area contributed by atoms with E-state index < -0.39 is 0 Å². The second-order valence-electron chi connectivity index (χ2n) is 4.03. The summed E-state index contributed by atoms with van der Waals surface area (Å²) in [6.07, 6.45) is 6.63. The van der Waals surface area contributed by atoms with Crippen molar-refractivity contribution in [2.45, 2.75) is 31.7 Å². The van der Waals surface area contributed by atoms with Crippen LogP contribution in [0.4, 0.5) is 5.69 Å². The summed E-state index contributed by atoms with van der Waals surface area (Å²) in [6.45, 7) is 0. The van der Waals surface area contributed by atoms with Gasteiger partial charge in [0, 0.05) is 17.5 Å². The summed E-state index contributed by atoms with van der Waals surface area (Å²) < 4.78 is 0. The quantitative estimate of drug-likeness (QED) is 0.521. The van der Waals surface area contributed by atoms with Crippen molar-refractivity contribution < 1.29 is 0 Å². The molecule has 1 aliphatic rings. The fourth-order valence-electron chi connectivity index (χ4n) is 1.74. The number of aliphatic imine (C=N–C) groups is 1. The maximum absolute atomic E-state index is 5.69. The molecule has 0 aliphatic carbocycles. The summed E-state index contributed by atoms with van der Waals surface area (Å²) in [4.78, 5) is 4.43. The topological polar surface area (TPSA) is 38.4 Å². The fraction of sp³-hybridized carbons (Fsp3) is 0.357. The molecule has 0 fully saturated rings. The van der Waals surface area contributed by atoms with Crippen LogP contribution in [0.2, 0.25) is 0 Å². The molecule has 2 rings (SSSR count). The van der Waals surface area contributed by atoms with Gasteiger partial charge in [0.2, 0.25) is 0 Å². The van der Waals surface area contributed by atoms with Gasteiger partial charge < -0.3 is 5.73 Å². The smallest absolute Gasteiger partial charge is 0.110 e. The van der Waals surface area contributed by atoms with Gasteiger partial charge in [0.25, 0.3) is 0 Å². The number of rotatable bonds is 0. The molecule has 1 aromatic carbocycles. The Labute approximate surface area is 96.6 Å². The van der Waals surface area contributed by atoms with Gasteiger partial charge >= 0.3 is 0 Å². The number of benzene rings is 1. The predicted molar refractivity (Wildman–Crippen MR) is 68.5 cm³/mol. The number of nitrogens with two attached hydrogens (primary N) is 1. The molecule has 0 amide bonds. The van der Waals surface area contributed by atoms with Crippen LogP contribution < -0.4 is 5.73 Å². The zero-order valence-corrected chi connectivity index (χ0v) is 9.32. The molecule has 1 heterocycles. The van der Waals surface area contributed by atoms with E-state index in [1.54, 1.807) is 0 Å². The lowest BCUT2D eigenvalue weighted by molar-refractivity contribution is 0.679. The molecule has 2 N–H and O–H groups in total. The molecule has 2 nitrogen and oxygen atoms in total. The van der Waals surface area contributed by atoms with Crippen LogP contribution in [0.3, 0.4) is 0 Å². The van der Waals surface area contributed by atoms with E-state index >= 15 is 0 Å². The number of hydrogen-bond donors (Lipinski definition) is 1. The Kier molecular flexibility index (Phi) is 3.61. The highest BCUT2D eigenvalue weighted by Crippen LogP contribution is 2.10. The lowest BCUT2D eigenvalue weighted by atomic mass is 10.1. The van der Waals surface area contributed by atoms with Crippen LogP contribution in [-0.4, -0.2) is 12.3 Å². The van der Waals surface area contributed by atoms with Crippen LogP contribution in [0.25, 0.3) is 0 Å². The molecule has 0 aromatic heterocycles. The molecule has 16 heavy (non-hydrogen) atoms. The van der Waals surface area contributed by atoms with Crippen molar-refractivity contribution in [3.05, 3.63) is 29.8 Å². The molecule has 0 radical (unpaired) electrons. The second-order valence-corrected chi connectivity index (χ2v) is 4.03. The summed E-state index contributed by atoms with van der Waals surface area (Å²) in [5.41, 5.74) is 7.43. The molecule has 0 bridgehead atoms. The van der Waals surface area contributed by atoms with E-state index in [4.69, 9.17) is 5.73 Å². The Hall–Kier alpha value is -1.75. The van der Waals surface area contributed by atoms with E-state index in [2.05, 4.69) is 16.8 Å². The van der Waals surface area contributed by atoms with E-state index in [0.717, 1.165) is 24.1 Å². The van der Waals surface area contributed by atoms with Gasteiger partial charge in [-0.2, -0.15) is 0 Å². The molecule has 1 aliphatic heterocycles. The van der Waals surface area contributed by atoms with Crippen molar-refractivity contribution >= 4 is 11.9 Å². The molecular formula is C14H16N2. The number of hydrogen-bond acceptors (Lipinski definition) is 2. The van der Waals surface area contributed by atoms with E-state index in [9.17, 15) is 0 Å². The van der Waals surface area contributed by atoms with Gasteiger partial charge in [0.05, 0.1) is 0 Å². The first kappa shape index (κ1) is 10.8. The van der Waals surface area contributed by atoms with Crippen LogP contribution in [-0.2, 0) is 0 Å². The Morgan fingerprint density at radius 3 is 3.12 bits per heavy atom. The highest BCUT2D eigenvalue weighted by Gasteiger charge is 2.04. The van der Waals surface area contributed by atoms with Gasteiger partial charge in [0.15, 0.2) is 0 Å². The Morgan fingerprint density at radius 2 is 2.25 bits per heavy atom. The first-order chi connectivity index (χ1) is 7.84. The molecule has 1 aromatic rings. The SMILES string of the molecule is Nc1cccc(C#CC2CCCCC=N2)c1. The highest BCUT2D eigenvalue weighted by molar-refractivity contribution is 5.58. The molecule has 0 saturated carbocycles. The molecular weight excluding hydrogens is 196 g/mol. The van der Waals surface area contributed by atoms with Gasteiger partial charge in [-0.15, -0.1) is 0 Å². The van der Waals surface area contributed by atoms with E-state index in [0.29, 0.717) is 0 Å². The highest BCUT2D eigenvalue weighted by atomic mass is 14.8. The zero-order chi connectivity index (χ0) is 11.2. The number of anilines is 1. The van der Waals surface area contributed by atoms with E-state index in [-0.39, 0.29) is 6.04 Å². The molecule has 1 atom stereocenters. The Balaban J connectivity index is 2.08. The minimum absolute atomic E-state index is 0.170. The average Bonchev–Trinajstić information content (AvgIpc) is 2.55. The van der Waals surface area contributed by atoms with Crippen molar-refractivity contribution in [2.75, 3.05) is 5.73 Å². The van der Waals surface area contributed by atoms with E-state index in [1.807, 2.05) is 30.5 Å². The standard InChI is InChI=1S/C14H16N2/c15-13-6-4-5-12(11-13)8-9-14-7-2-1-3-10-16-14/h4-6,10-11,14H,1-3,7,15H2. The summed E-state index contributed by atoms with van der Waals surface area (Å²) in [7, 11) is 0. The normalized spacial score (nSPS) is 19.6. The Morgan fingerprint density at radius 1 is 1.31 bits per heavy atom. The van der Waals surface area contributed by atoms with Crippen LogP contribution in [0.1, 0.15) is 31.2 Å². The van der Waals surface area contributed by atoms with Crippen LogP contribution >= 0.6 is 0 Å². The van der Waals surface area contributed by atoms with Crippen molar-refractivity contribution in [2.24, 2.45) is 4.99 Å². The molecule has 0 saturated heterocycles. The summed E-state index contributed by atoms with van der Waals surface area (Å²) in [5, 5.41) is 0. The van der Waals surface area contributed by atoms with Gasteiger partial charge in [-0.1, -0.05) is 17.9 Å². The first-order valence-electron chi connectivity index (χ1n) is 5.73. The van der Waals surface area contributed by atoms with Crippen molar-refractivity contribution in [3.63, 3.8) is 0 Å². The van der Waals surface area contributed by atoms with Crippen molar-refractivity contribution in [1.29, 1.82) is 0 Å². The molecule has 2 heteroatoms. The average molecular weight is 212 g/mol. The molecule has 1 unspecified atom stereocenters.